The van der Waals surface area contributed by atoms with E-state index in [2.05, 4.69) is 5.10 Å². The highest BCUT2D eigenvalue weighted by molar-refractivity contribution is 5.32. The fourth-order valence-electron chi connectivity index (χ4n) is 2.27. The van der Waals surface area contributed by atoms with E-state index in [0.717, 1.165) is 18.5 Å². The van der Waals surface area contributed by atoms with Crippen LogP contribution in [0.2, 0.25) is 0 Å². The lowest BCUT2D eigenvalue weighted by Gasteiger charge is -2.27. The number of aromatic nitrogens is 2. The second-order valence-corrected chi connectivity index (χ2v) is 4.24. The van der Waals surface area contributed by atoms with Crippen LogP contribution in [-0.4, -0.2) is 22.0 Å². The van der Waals surface area contributed by atoms with Crippen molar-refractivity contribution in [2.45, 2.75) is 31.8 Å². The molecule has 1 N–H and O–H groups in total. The molecule has 1 aromatic heterocycles. The first-order valence-electron chi connectivity index (χ1n) is 5.42. The molecule has 0 aromatic carbocycles. The fraction of sp³-hybridized carbons (Fsp3) is 0.727. The molecule has 15 heavy (non-hydrogen) atoms. The number of aryl methyl sites for hydroxylation is 1. The normalized spacial score (nSPS) is 20.0. The van der Waals surface area contributed by atoms with Gasteiger partial charge in [0.25, 0.3) is 0 Å². The highest BCUT2D eigenvalue weighted by Gasteiger charge is 2.47. The predicted octanol–water partition coefficient (Wildman–Crippen LogP) is 1.44. The summed E-state index contributed by atoms with van der Waals surface area (Å²) in [6.07, 6.45) is 4.56. The van der Waals surface area contributed by atoms with Crippen LogP contribution in [0.5, 0.6) is 5.75 Å². The quantitative estimate of drug-likeness (QED) is 0.818. The van der Waals surface area contributed by atoms with Gasteiger partial charge in [0.15, 0.2) is 5.75 Å². The van der Waals surface area contributed by atoms with Gasteiger partial charge in [-0.05, 0) is 25.2 Å². The Labute approximate surface area is 89.9 Å². The van der Waals surface area contributed by atoms with E-state index in [1.54, 1.807) is 18.0 Å². The minimum Gasteiger partial charge on any atom is -0.493 e. The van der Waals surface area contributed by atoms with Crippen LogP contribution in [0.1, 0.15) is 31.9 Å². The van der Waals surface area contributed by atoms with Crippen LogP contribution in [0.3, 0.4) is 0 Å². The summed E-state index contributed by atoms with van der Waals surface area (Å²) in [4.78, 5) is 0. The van der Waals surface area contributed by atoms with Gasteiger partial charge in [-0.15, -0.1) is 0 Å². The highest BCUT2D eigenvalue weighted by atomic mass is 16.5. The zero-order valence-electron chi connectivity index (χ0n) is 9.53. The largest absolute Gasteiger partial charge is 0.493 e. The standard InChI is InChI=1S/C11H18N2O2/c1-4-11(14,8-5-6-8)10-9(15-3)7-12-13(10)2/h7-8,14H,4-6H2,1-3H3. The van der Waals surface area contributed by atoms with Crippen molar-refractivity contribution in [3.8, 4) is 5.75 Å². The lowest BCUT2D eigenvalue weighted by atomic mass is 9.90. The third-order valence-electron chi connectivity index (χ3n) is 3.33. The van der Waals surface area contributed by atoms with Crippen molar-refractivity contribution in [1.82, 2.24) is 9.78 Å². The Kier molecular flexibility index (Phi) is 2.46. The molecule has 1 aliphatic carbocycles. The first-order valence-corrected chi connectivity index (χ1v) is 5.42. The van der Waals surface area contributed by atoms with Crippen LogP contribution in [0, 0.1) is 5.92 Å². The number of hydrogen-bond acceptors (Lipinski definition) is 3. The molecule has 1 aromatic rings. The summed E-state index contributed by atoms with van der Waals surface area (Å²) in [5.41, 5.74) is 0.0475. The van der Waals surface area contributed by atoms with Gasteiger partial charge in [-0.1, -0.05) is 6.92 Å². The van der Waals surface area contributed by atoms with Gasteiger partial charge < -0.3 is 9.84 Å². The molecule has 1 fully saturated rings. The molecule has 0 saturated heterocycles. The minimum absolute atomic E-state index is 0.367. The number of aliphatic hydroxyl groups is 1. The van der Waals surface area contributed by atoms with E-state index in [4.69, 9.17) is 4.74 Å². The smallest absolute Gasteiger partial charge is 0.162 e. The molecule has 0 radical (unpaired) electrons. The topological polar surface area (TPSA) is 47.3 Å². The van der Waals surface area contributed by atoms with Crippen molar-refractivity contribution in [2.75, 3.05) is 7.11 Å². The van der Waals surface area contributed by atoms with Gasteiger partial charge in [0.2, 0.25) is 0 Å². The third-order valence-corrected chi connectivity index (χ3v) is 3.33. The number of ether oxygens (including phenoxy) is 1. The summed E-state index contributed by atoms with van der Waals surface area (Å²) in [7, 11) is 3.46. The molecule has 0 aliphatic heterocycles. The average molecular weight is 210 g/mol. The molecule has 4 nitrogen and oxygen atoms in total. The summed E-state index contributed by atoms with van der Waals surface area (Å²) < 4.78 is 6.97. The Hall–Kier alpha value is -1.03. The number of nitrogens with zero attached hydrogens (tertiary/aromatic N) is 2. The molecule has 1 saturated carbocycles. The summed E-state index contributed by atoms with van der Waals surface area (Å²) in [6, 6.07) is 0. The predicted molar refractivity (Wildman–Crippen MR) is 56.7 cm³/mol. The van der Waals surface area contributed by atoms with Gasteiger partial charge >= 0.3 is 0 Å². The van der Waals surface area contributed by atoms with E-state index < -0.39 is 5.60 Å². The van der Waals surface area contributed by atoms with Crippen molar-refractivity contribution in [2.24, 2.45) is 13.0 Å². The Morgan fingerprint density at radius 1 is 1.67 bits per heavy atom. The maximum absolute atomic E-state index is 10.7. The Balaban J connectivity index is 2.44. The molecule has 0 amide bonds. The van der Waals surface area contributed by atoms with Crippen molar-refractivity contribution >= 4 is 0 Å². The molecule has 1 unspecified atom stereocenters. The highest BCUT2D eigenvalue weighted by Crippen LogP contribution is 2.49. The molecular weight excluding hydrogens is 192 g/mol. The monoisotopic (exact) mass is 210 g/mol. The van der Waals surface area contributed by atoms with Gasteiger partial charge in [-0.2, -0.15) is 5.10 Å². The molecular formula is C11H18N2O2. The maximum Gasteiger partial charge on any atom is 0.162 e. The molecule has 2 rings (SSSR count). The molecule has 0 bridgehead atoms. The maximum atomic E-state index is 10.7. The van der Waals surface area contributed by atoms with Gasteiger partial charge in [0.1, 0.15) is 11.3 Å². The molecule has 84 valence electrons. The zero-order valence-corrected chi connectivity index (χ0v) is 9.53. The Bertz CT molecular complexity index is 357. The summed E-state index contributed by atoms with van der Waals surface area (Å²) in [5, 5.41) is 14.8. The van der Waals surface area contributed by atoms with Gasteiger partial charge in [-0.3, -0.25) is 4.68 Å². The van der Waals surface area contributed by atoms with Crippen LogP contribution in [0.25, 0.3) is 0 Å². The number of methoxy groups -OCH3 is 1. The van der Waals surface area contributed by atoms with Crippen LogP contribution in [0.4, 0.5) is 0 Å². The zero-order chi connectivity index (χ0) is 11.1. The lowest BCUT2D eigenvalue weighted by molar-refractivity contribution is -0.000996. The summed E-state index contributed by atoms with van der Waals surface area (Å²) in [6.45, 7) is 2.00. The fourth-order valence-corrected chi connectivity index (χ4v) is 2.27. The summed E-state index contributed by atoms with van der Waals surface area (Å²) in [5.74, 6) is 1.06. The SMILES string of the molecule is CCC(O)(c1c(OC)cnn1C)C1CC1. The number of rotatable bonds is 4. The Morgan fingerprint density at radius 2 is 2.33 bits per heavy atom. The van der Waals surface area contributed by atoms with E-state index in [1.165, 1.54) is 0 Å². The Morgan fingerprint density at radius 3 is 2.80 bits per heavy atom. The second kappa shape index (κ2) is 3.52. The van der Waals surface area contributed by atoms with Crippen LogP contribution < -0.4 is 4.74 Å². The molecule has 1 heterocycles. The lowest BCUT2D eigenvalue weighted by Crippen LogP contribution is -2.30. The van der Waals surface area contributed by atoms with E-state index >= 15 is 0 Å². The van der Waals surface area contributed by atoms with Gasteiger partial charge in [0, 0.05) is 7.05 Å². The molecule has 1 aliphatic rings. The van der Waals surface area contributed by atoms with E-state index in [-0.39, 0.29) is 0 Å². The average Bonchev–Trinajstić information content (AvgIpc) is 3.02. The van der Waals surface area contributed by atoms with Crippen LogP contribution >= 0.6 is 0 Å². The second-order valence-electron chi connectivity index (χ2n) is 4.24. The van der Waals surface area contributed by atoms with Crippen LogP contribution in [0.15, 0.2) is 6.20 Å². The molecule has 4 heteroatoms. The van der Waals surface area contributed by atoms with Gasteiger partial charge in [0.05, 0.1) is 13.3 Å². The van der Waals surface area contributed by atoms with E-state index in [9.17, 15) is 5.11 Å². The van der Waals surface area contributed by atoms with E-state index in [1.807, 2.05) is 14.0 Å². The van der Waals surface area contributed by atoms with E-state index in [0.29, 0.717) is 18.1 Å². The minimum atomic E-state index is -0.767. The summed E-state index contributed by atoms with van der Waals surface area (Å²) >= 11 is 0. The molecule has 0 spiro atoms. The van der Waals surface area contributed by atoms with Crippen molar-refractivity contribution in [1.29, 1.82) is 0 Å². The first-order chi connectivity index (χ1) is 7.13. The van der Waals surface area contributed by atoms with Crippen molar-refractivity contribution < 1.29 is 9.84 Å². The molecule has 1 atom stereocenters. The van der Waals surface area contributed by atoms with Crippen LogP contribution in [-0.2, 0) is 12.6 Å². The number of hydrogen-bond donors (Lipinski definition) is 1. The first kappa shape index (κ1) is 10.5. The van der Waals surface area contributed by atoms with Crippen molar-refractivity contribution in [3.63, 3.8) is 0 Å². The third kappa shape index (κ3) is 1.53. The van der Waals surface area contributed by atoms with Crippen molar-refractivity contribution in [3.05, 3.63) is 11.9 Å². The van der Waals surface area contributed by atoms with Gasteiger partial charge in [-0.25, -0.2) is 0 Å².